The first-order chi connectivity index (χ1) is 12.1. The third kappa shape index (κ3) is 3.23. The fraction of sp³-hybridized carbons (Fsp3) is 0.222. The number of hydrogen-bond donors (Lipinski definition) is 1. The van der Waals surface area contributed by atoms with E-state index in [-0.39, 0.29) is 11.7 Å². The lowest BCUT2D eigenvalue weighted by atomic mass is 10.1. The molecule has 1 saturated heterocycles. The molecule has 3 aromatic rings. The van der Waals surface area contributed by atoms with E-state index in [1.165, 1.54) is 12.1 Å². The van der Waals surface area contributed by atoms with Crippen molar-refractivity contribution in [2.24, 2.45) is 0 Å². The molecule has 5 nitrogen and oxygen atoms in total. The molecule has 0 amide bonds. The van der Waals surface area contributed by atoms with Crippen LogP contribution in [0.5, 0.6) is 0 Å². The number of hydrogen-bond acceptors (Lipinski definition) is 5. The molecular weight excluding hydrogens is 345 g/mol. The van der Waals surface area contributed by atoms with Gasteiger partial charge in [-0.15, -0.1) is 0 Å². The fourth-order valence-corrected chi connectivity index (χ4v) is 3.15. The van der Waals surface area contributed by atoms with Crippen molar-refractivity contribution in [2.45, 2.75) is 18.6 Å². The first-order valence-corrected chi connectivity index (χ1v) is 8.28. The average molecular weight is 360 g/mol. The van der Waals surface area contributed by atoms with Crippen molar-refractivity contribution in [3.63, 3.8) is 0 Å². The Morgan fingerprint density at radius 1 is 1.12 bits per heavy atom. The molecule has 2 unspecified atom stereocenters. The number of aliphatic hydroxyl groups excluding tert-OH is 1. The summed E-state index contributed by atoms with van der Waals surface area (Å²) in [6, 6.07) is 13.2. The van der Waals surface area contributed by atoms with Crippen LogP contribution in [0.25, 0.3) is 11.4 Å². The summed E-state index contributed by atoms with van der Waals surface area (Å²) in [6.45, 7) is 0.563. The van der Waals surface area contributed by atoms with Crippen LogP contribution in [0, 0.1) is 5.82 Å². The molecule has 1 aromatic heterocycles. The Hall–Kier alpha value is -2.44. The van der Waals surface area contributed by atoms with E-state index < -0.39 is 6.23 Å². The molecule has 0 radical (unpaired) electrons. The Labute approximate surface area is 148 Å². The van der Waals surface area contributed by atoms with E-state index in [0.29, 0.717) is 35.3 Å². The van der Waals surface area contributed by atoms with Crippen LogP contribution in [0.15, 0.2) is 53.1 Å². The number of nitrogens with zero attached hydrogens (tertiary/aromatic N) is 3. The topological polar surface area (TPSA) is 62.4 Å². The second kappa shape index (κ2) is 6.46. The predicted molar refractivity (Wildman–Crippen MR) is 91.9 cm³/mol. The van der Waals surface area contributed by atoms with E-state index in [4.69, 9.17) is 16.1 Å². The zero-order valence-electron chi connectivity index (χ0n) is 13.1. The van der Waals surface area contributed by atoms with Gasteiger partial charge in [0.1, 0.15) is 12.0 Å². The number of aromatic nitrogens is 2. The third-order valence-corrected chi connectivity index (χ3v) is 4.58. The number of benzene rings is 2. The lowest BCUT2D eigenvalue weighted by molar-refractivity contribution is 0.181. The molecule has 0 spiro atoms. The maximum Gasteiger partial charge on any atom is 0.232 e. The highest BCUT2D eigenvalue weighted by atomic mass is 35.5. The summed E-state index contributed by atoms with van der Waals surface area (Å²) in [6.07, 6.45) is -0.138. The molecule has 1 N–H and O–H groups in total. The van der Waals surface area contributed by atoms with Crippen LogP contribution < -0.4 is 4.90 Å². The smallest absolute Gasteiger partial charge is 0.232 e. The van der Waals surface area contributed by atoms with Crippen molar-refractivity contribution >= 4 is 17.3 Å². The van der Waals surface area contributed by atoms with Gasteiger partial charge in [0.25, 0.3) is 0 Å². The first kappa shape index (κ1) is 16.1. The standard InChI is InChI=1S/C18H15ClFN3O2/c19-13-3-7-15(8-4-13)23-10-12(9-16(23)24)18-21-17(22-25-18)11-1-5-14(20)6-2-11/h1-8,12,16,24H,9-10H2. The Morgan fingerprint density at radius 3 is 2.56 bits per heavy atom. The molecule has 25 heavy (non-hydrogen) atoms. The molecule has 2 aromatic carbocycles. The quantitative estimate of drug-likeness (QED) is 0.769. The van der Waals surface area contributed by atoms with Crippen molar-refractivity contribution in [1.82, 2.24) is 10.1 Å². The van der Waals surface area contributed by atoms with Gasteiger partial charge in [0, 0.05) is 29.2 Å². The zero-order chi connectivity index (χ0) is 17.4. The van der Waals surface area contributed by atoms with Gasteiger partial charge in [-0.3, -0.25) is 0 Å². The first-order valence-electron chi connectivity index (χ1n) is 7.90. The molecule has 0 aliphatic carbocycles. The molecule has 7 heteroatoms. The maximum atomic E-state index is 13.0. The highest BCUT2D eigenvalue weighted by Gasteiger charge is 2.35. The number of halogens is 2. The Morgan fingerprint density at radius 2 is 1.84 bits per heavy atom. The van der Waals surface area contributed by atoms with E-state index in [1.54, 1.807) is 24.3 Å². The molecule has 0 bridgehead atoms. The monoisotopic (exact) mass is 359 g/mol. The third-order valence-electron chi connectivity index (χ3n) is 4.32. The van der Waals surface area contributed by atoms with Crippen LogP contribution in [-0.2, 0) is 0 Å². The van der Waals surface area contributed by atoms with Crippen LogP contribution in [-0.4, -0.2) is 28.0 Å². The molecule has 128 valence electrons. The molecule has 2 atom stereocenters. The van der Waals surface area contributed by atoms with Gasteiger partial charge in [-0.2, -0.15) is 4.98 Å². The van der Waals surface area contributed by atoms with Crippen LogP contribution in [0.4, 0.5) is 10.1 Å². The molecule has 4 rings (SSSR count). The minimum absolute atomic E-state index is 0.0765. The van der Waals surface area contributed by atoms with Crippen LogP contribution in [0.2, 0.25) is 5.02 Å². The van der Waals surface area contributed by atoms with Crippen LogP contribution in [0.3, 0.4) is 0 Å². The van der Waals surface area contributed by atoms with E-state index in [9.17, 15) is 9.50 Å². The lowest BCUT2D eigenvalue weighted by Crippen LogP contribution is -2.28. The predicted octanol–water partition coefficient (Wildman–Crippen LogP) is 3.84. The second-order valence-corrected chi connectivity index (χ2v) is 6.44. The van der Waals surface area contributed by atoms with Gasteiger partial charge in [-0.05, 0) is 48.5 Å². The summed E-state index contributed by atoms with van der Waals surface area (Å²) in [5.41, 5.74) is 1.57. The van der Waals surface area contributed by atoms with Crippen molar-refractivity contribution in [3.8, 4) is 11.4 Å². The summed E-state index contributed by atoms with van der Waals surface area (Å²) < 4.78 is 18.4. The SMILES string of the molecule is OC1CC(c2nc(-c3ccc(F)cc3)no2)CN1c1ccc(Cl)cc1. The molecule has 1 aliphatic rings. The van der Waals surface area contributed by atoms with Crippen LogP contribution in [0.1, 0.15) is 18.2 Å². The minimum atomic E-state index is -0.632. The molecule has 1 fully saturated rings. The fourth-order valence-electron chi connectivity index (χ4n) is 3.02. The Kier molecular flexibility index (Phi) is 4.15. The molecule has 2 heterocycles. The Balaban J connectivity index is 1.53. The lowest BCUT2D eigenvalue weighted by Gasteiger charge is -2.22. The van der Waals surface area contributed by atoms with Gasteiger partial charge >= 0.3 is 0 Å². The van der Waals surface area contributed by atoms with E-state index >= 15 is 0 Å². The van der Waals surface area contributed by atoms with Crippen LogP contribution >= 0.6 is 11.6 Å². The second-order valence-electron chi connectivity index (χ2n) is 6.01. The summed E-state index contributed by atoms with van der Waals surface area (Å²) >= 11 is 5.91. The van der Waals surface area contributed by atoms with Crippen molar-refractivity contribution in [1.29, 1.82) is 0 Å². The van der Waals surface area contributed by atoms with E-state index in [0.717, 1.165) is 5.69 Å². The average Bonchev–Trinajstić information content (AvgIpc) is 3.23. The van der Waals surface area contributed by atoms with Gasteiger partial charge in [0.2, 0.25) is 11.7 Å². The largest absolute Gasteiger partial charge is 0.374 e. The summed E-state index contributed by atoms with van der Waals surface area (Å²) in [5, 5.41) is 15.0. The zero-order valence-corrected chi connectivity index (χ0v) is 13.9. The van der Waals surface area contributed by atoms with Gasteiger partial charge in [-0.25, -0.2) is 4.39 Å². The van der Waals surface area contributed by atoms with E-state index in [1.807, 2.05) is 17.0 Å². The normalized spacial score (nSPS) is 20.2. The summed E-state index contributed by atoms with van der Waals surface area (Å²) in [4.78, 5) is 6.29. The number of aliphatic hydroxyl groups is 1. The van der Waals surface area contributed by atoms with E-state index in [2.05, 4.69) is 10.1 Å². The van der Waals surface area contributed by atoms with Gasteiger partial charge in [0.05, 0.1) is 5.92 Å². The molecular formula is C18H15ClFN3O2. The summed E-state index contributed by atoms with van der Waals surface area (Å²) in [5.74, 6) is 0.488. The Bertz CT molecular complexity index is 867. The van der Waals surface area contributed by atoms with Crippen molar-refractivity contribution < 1.29 is 14.0 Å². The minimum Gasteiger partial charge on any atom is -0.374 e. The number of rotatable bonds is 3. The van der Waals surface area contributed by atoms with Gasteiger partial charge in [-0.1, -0.05) is 16.8 Å². The highest BCUT2D eigenvalue weighted by Crippen LogP contribution is 2.34. The number of anilines is 1. The summed E-state index contributed by atoms with van der Waals surface area (Å²) in [7, 11) is 0. The van der Waals surface area contributed by atoms with Gasteiger partial charge in [0.15, 0.2) is 0 Å². The molecule has 1 aliphatic heterocycles. The van der Waals surface area contributed by atoms with Crippen molar-refractivity contribution in [2.75, 3.05) is 11.4 Å². The molecule has 0 saturated carbocycles. The maximum absolute atomic E-state index is 13.0. The highest BCUT2D eigenvalue weighted by molar-refractivity contribution is 6.30. The van der Waals surface area contributed by atoms with Crippen molar-refractivity contribution in [3.05, 3.63) is 65.3 Å². The van der Waals surface area contributed by atoms with Gasteiger partial charge < -0.3 is 14.5 Å².